The second-order valence-electron chi connectivity index (χ2n) is 1.70. The third-order valence-electron chi connectivity index (χ3n) is 0.986. The van der Waals surface area contributed by atoms with Crippen LogP contribution in [0.2, 0.25) is 0 Å². The van der Waals surface area contributed by atoms with E-state index in [9.17, 15) is 9.59 Å². The maximum absolute atomic E-state index is 10.6. The molecule has 48 valence electrons. The van der Waals surface area contributed by atoms with Gasteiger partial charge < -0.3 is 0 Å². The van der Waals surface area contributed by atoms with Crippen molar-refractivity contribution in [1.82, 2.24) is 5.43 Å². The van der Waals surface area contributed by atoms with Crippen molar-refractivity contribution in [3.8, 4) is 0 Å². The van der Waals surface area contributed by atoms with Gasteiger partial charge in [0.05, 0.1) is 0 Å². The normalized spacial score (nSPS) is 26.1. The number of carbonyl (C=O) groups excluding carboxylic acids is 2. The van der Waals surface area contributed by atoms with Gasteiger partial charge in [0.25, 0.3) is 0 Å². The Morgan fingerprint density at radius 3 is 2.67 bits per heavy atom. The lowest BCUT2D eigenvalue weighted by molar-refractivity contribution is -0.139. The fourth-order valence-electron chi connectivity index (χ4n) is 0.458. The largest absolute Gasteiger partial charge is 0.311 e. The van der Waals surface area contributed by atoms with Gasteiger partial charge in [-0.1, -0.05) is 5.22 Å². The predicted molar refractivity (Wildman–Crippen MR) is 27.5 cm³/mol. The minimum absolute atomic E-state index is 0.537. The van der Waals surface area contributed by atoms with Gasteiger partial charge in [-0.05, 0) is 6.92 Å². The number of ketones is 1. The van der Waals surface area contributed by atoms with E-state index in [1.807, 2.05) is 5.43 Å². The summed E-state index contributed by atoms with van der Waals surface area (Å²) in [7, 11) is 0. The highest BCUT2D eigenvalue weighted by molar-refractivity contribution is 6.38. The highest BCUT2D eigenvalue weighted by Gasteiger charge is 2.23. The first kappa shape index (κ1) is 5.87. The topological polar surface area (TPSA) is 70.9 Å². The minimum Gasteiger partial charge on any atom is -0.286 e. The lowest BCUT2D eigenvalue weighted by atomic mass is 10.2. The lowest BCUT2D eigenvalue weighted by Crippen LogP contribution is -2.36. The summed E-state index contributed by atoms with van der Waals surface area (Å²) in [6.07, 6.45) is 0. The van der Waals surface area contributed by atoms with Crippen LogP contribution in [0.25, 0.3) is 0 Å². The molecule has 0 aromatic heterocycles. The highest BCUT2D eigenvalue weighted by Crippen LogP contribution is 1.96. The Morgan fingerprint density at radius 2 is 2.22 bits per heavy atom. The van der Waals surface area contributed by atoms with E-state index < -0.39 is 17.7 Å². The van der Waals surface area contributed by atoms with E-state index in [2.05, 4.69) is 10.3 Å². The molecule has 0 aliphatic carbocycles. The maximum Gasteiger partial charge on any atom is 0.311 e. The Hall–Kier alpha value is -1.26. The summed E-state index contributed by atoms with van der Waals surface area (Å²) in [4.78, 5) is 20.9. The molecule has 0 aromatic rings. The minimum atomic E-state index is -0.683. The van der Waals surface area contributed by atoms with Crippen LogP contribution in [-0.4, -0.2) is 17.7 Å². The molecule has 0 saturated carbocycles. The van der Waals surface area contributed by atoms with E-state index in [1.54, 1.807) is 0 Å². The van der Waals surface area contributed by atoms with E-state index in [0.29, 0.717) is 0 Å². The third kappa shape index (κ3) is 0.933. The number of nitrogens with zero attached hydrogens (tertiary/aromatic N) is 2. The van der Waals surface area contributed by atoms with Crippen LogP contribution in [0.3, 0.4) is 0 Å². The van der Waals surface area contributed by atoms with E-state index in [4.69, 9.17) is 0 Å². The SMILES string of the molecule is CC1N=NNC(=O)C1=O. The quantitative estimate of drug-likeness (QED) is 0.443. The van der Waals surface area contributed by atoms with Gasteiger partial charge in [-0.15, -0.1) is 0 Å². The van der Waals surface area contributed by atoms with Gasteiger partial charge in [0.15, 0.2) is 0 Å². The van der Waals surface area contributed by atoms with Crippen LogP contribution in [0, 0.1) is 0 Å². The Morgan fingerprint density at radius 1 is 1.56 bits per heavy atom. The zero-order valence-corrected chi connectivity index (χ0v) is 4.79. The molecule has 1 rings (SSSR count). The zero-order chi connectivity index (χ0) is 6.85. The average Bonchev–Trinajstić information content (AvgIpc) is 1.83. The number of amides is 1. The predicted octanol–water partition coefficient (Wildman–Crippen LogP) is -0.559. The number of hydrogen-bond acceptors (Lipinski definition) is 4. The second kappa shape index (κ2) is 1.93. The van der Waals surface area contributed by atoms with Gasteiger partial charge in [-0.2, -0.15) is 5.11 Å². The fourth-order valence-corrected chi connectivity index (χ4v) is 0.458. The van der Waals surface area contributed by atoms with Crippen LogP contribution in [0.1, 0.15) is 6.92 Å². The molecule has 1 atom stereocenters. The molecule has 5 nitrogen and oxygen atoms in total. The van der Waals surface area contributed by atoms with Gasteiger partial charge in [-0.3, -0.25) is 9.59 Å². The molecule has 0 saturated heterocycles. The zero-order valence-electron chi connectivity index (χ0n) is 4.79. The Bertz CT molecular complexity index is 186. The van der Waals surface area contributed by atoms with Crippen LogP contribution in [0.4, 0.5) is 0 Å². The average molecular weight is 127 g/mol. The molecule has 0 radical (unpaired) electrons. The monoisotopic (exact) mass is 127 g/mol. The lowest BCUT2D eigenvalue weighted by Gasteiger charge is -2.05. The van der Waals surface area contributed by atoms with E-state index in [-0.39, 0.29) is 0 Å². The van der Waals surface area contributed by atoms with Gasteiger partial charge in [-0.25, -0.2) is 5.43 Å². The molecule has 1 aliphatic heterocycles. The molecule has 5 heteroatoms. The van der Waals surface area contributed by atoms with E-state index in [1.165, 1.54) is 6.92 Å². The molecule has 1 aliphatic rings. The van der Waals surface area contributed by atoms with Crippen molar-refractivity contribution in [1.29, 1.82) is 0 Å². The molecular formula is C4H5N3O2. The fraction of sp³-hybridized carbons (Fsp3) is 0.500. The van der Waals surface area contributed by atoms with Crippen molar-refractivity contribution < 1.29 is 9.59 Å². The van der Waals surface area contributed by atoms with Crippen molar-refractivity contribution in [3.63, 3.8) is 0 Å². The number of nitrogens with one attached hydrogen (secondary N) is 1. The molecule has 0 spiro atoms. The second-order valence-corrected chi connectivity index (χ2v) is 1.70. The first-order valence-electron chi connectivity index (χ1n) is 2.46. The van der Waals surface area contributed by atoms with E-state index in [0.717, 1.165) is 0 Å². The van der Waals surface area contributed by atoms with Crippen molar-refractivity contribution in [2.24, 2.45) is 10.3 Å². The molecule has 0 bridgehead atoms. The number of rotatable bonds is 0. The van der Waals surface area contributed by atoms with Gasteiger partial charge in [0.1, 0.15) is 6.04 Å². The molecular weight excluding hydrogens is 122 g/mol. The molecule has 9 heavy (non-hydrogen) atoms. The highest BCUT2D eigenvalue weighted by atomic mass is 16.2. The Labute approximate surface area is 51.1 Å². The number of Topliss-reactive ketones (excluding diaryl/α,β-unsaturated/α-hetero) is 1. The first-order valence-corrected chi connectivity index (χ1v) is 2.46. The van der Waals surface area contributed by atoms with Crippen LogP contribution in [-0.2, 0) is 9.59 Å². The number of carbonyl (C=O) groups is 2. The van der Waals surface area contributed by atoms with Crippen molar-refractivity contribution in [2.75, 3.05) is 0 Å². The van der Waals surface area contributed by atoms with Crippen molar-refractivity contribution >= 4 is 11.7 Å². The van der Waals surface area contributed by atoms with Crippen LogP contribution < -0.4 is 5.43 Å². The van der Waals surface area contributed by atoms with Crippen LogP contribution in [0.15, 0.2) is 10.3 Å². The summed E-state index contributed by atoms with van der Waals surface area (Å²) in [5.41, 5.74) is 1.93. The Kier molecular flexibility index (Phi) is 1.26. The summed E-state index contributed by atoms with van der Waals surface area (Å²) >= 11 is 0. The molecule has 0 fully saturated rings. The molecule has 0 aromatic carbocycles. The third-order valence-corrected chi connectivity index (χ3v) is 0.986. The number of hydrogen-bond donors (Lipinski definition) is 1. The summed E-state index contributed by atoms with van der Waals surface area (Å²) in [5.74, 6) is -1.22. The molecule has 1 heterocycles. The summed E-state index contributed by atoms with van der Waals surface area (Å²) in [6.45, 7) is 1.52. The molecule has 1 amide bonds. The smallest absolute Gasteiger partial charge is 0.286 e. The standard InChI is InChI=1S/C4H5N3O2/c1-2-3(8)4(9)6-7-5-2/h2H,1H3,(H,5,6,9). The van der Waals surface area contributed by atoms with Gasteiger partial charge >= 0.3 is 5.91 Å². The van der Waals surface area contributed by atoms with Crippen LogP contribution in [0.5, 0.6) is 0 Å². The van der Waals surface area contributed by atoms with Crippen LogP contribution >= 0.6 is 0 Å². The summed E-state index contributed by atoms with van der Waals surface area (Å²) in [6, 6.07) is -0.612. The Balaban J connectivity index is 2.81. The maximum atomic E-state index is 10.6. The first-order chi connectivity index (χ1) is 4.22. The van der Waals surface area contributed by atoms with E-state index >= 15 is 0 Å². The molecule has 1 unspecified atom stereocenters. The summed E-state index contributed by atoms with van der Waals surface area (Å²) < 4.78 is 0. The molecule has 1 N–H and O–H groups in total. The summed E-state index contributed by atoms with van der Waals surface area (Å²) in [5, 5.41) is 6.60. The van der Waals surface area contributed by atoms with Crippen molar-refractivity contribution in [2.45, 2.75) is 13.0 Å². The van der Waals surface area contributed by atoms with Gasteiger partial charge in [0, 0.05) is 0 Å². The van der Waals surface area contributed by atoms with Gasteiger partial charge in [0.2, 0.25) is 5.78 Å². The van der Waals surface area contributed by atoms with Crippen molar-refractivity contribution in [3.05, 3.63) is 0 Å².